The number of allylic oxidation sites excluding steroid dienone is 1. The first-order valence-corrected chi connectivity index (χ1v) is 9.78. The van der Waals surface area contributed by atoms with E-state index in [1.165, 1.54) is 6.92 Å². The zero-order valence-electron chi connectivity index (χ0n) is 17.4. The molecule has 1 rings (SSSR count). The van der Waals surface area contributed by atoms with Crippen LogP contribution in [-0.4, -0.2) is 41.1 Å². The number of cyclic esters (lactones) is 1. The molecule has 0 aromatic rings. The van der Waals surface area contributed by atoms with Crippen molar-refractivity contribution in [1.29, 1.82) is 0 Å². The van der Waals surface area contributed by atoms with Crippen LogP contribution in [-0.2, 0) is 23.9 Å². The average Bonchev–Trinajstić information content (AvgIpc) is 2.58. The van der Waals surface area contributed by atoms with Gasteiger partial charge in [0.15, 0.2) is 5.78 Å². The zero-order chi connectivity index (χ0) is 20.7. The Labute approximate surface area is 162 Å². The van der Waals surface area contributed by atoms with Gasteiger partial charge in [-0.2, -0.15) is 0 Å². The van der Waals surface area contributed by atoms with Gasteiger partial charge in [-0.25, -0.2) is 0 Å². The number of rotatable bonds is 7. The molecule has 1 N–H and O–H groups in total. The third-order valence-electron chi connectivity index (χ3n) is 5.30. The van der Waals surface area contributed by atoms with Crippen LogP contribution >= 0.6 is 0 Å². The van der Waals surface area contributed by atoms with Gasteiger partial charge in [0.25, 0.3) is 0 Å². The van der Waals surface area contributed by atoms with Crippen LogP contribution in [0.15, 0.2) is 11.6 Å². The lowest BCUT2D eigenvalue weighted by molar-refractivity contribution is -0.164. The summed E-state index contributed by atoms with van der Waals surface area (Å²) in [4.78, 5) is 36.1. The monoisotopic (exact) mass is 382 g/mol. The molecular formula is C21H34O6. The Morgan fingerprint density at radius 1 is 1.26 bits per heavy atom. The first-order valence-electron chi connectivity index (χ1n) is 9.78. The maximum absolute atomic E-state index is 12.7. The molecule has 0 amide bonds. The molecule has 0 unspecified atom stereocenters. The molecule has 6 nitrogen and oxygen atoms in total. The van der Waals surface area contributed by atoms with Gasteiger partial charge in [-0.05, 0) is 43.6 Å². The molecule has 0 aromatic carbocycles. The average molecular weight is 382 g/mol. The van der Waals surface area contributed by atoms with Crippen molar-refractivity contribution in [1.82, 2.24) is 0 Å². The van der Waals surface area contributed by atoms with Gasteiger partial charge in [-0.3, -0.25) is 14.4 Å². The van der Waals surface area contributed by atoms with Crippen molar-refractivity contribution in [2.24, 2.45) is 17.8 Å². The fourth-order valence-electron chi connectivity index (χ4n) is 3.18. The van der Waals surface area contributed by atoms with Gasteiger partial charge in [0.05, 0.1) is 18.4 Å². The van der Waals surface area contributed by atoms with E-state index >= 15 is 0 Å². The van der Waals surface area contributed by atoms with Crippen LogP contribution in [0.4, 0.5) is 0 Å². The molecule has 0 bridgehead atoms. The maximum atomic E-state index is 12.7. The Hall–Kier alpha value is -1.69. The SMILES string of the molecule is CC(=O)O[C@@H]1CC(=O)O[C@H]([C@H](C)C(=O)/C(C)=C/C[C@H](O)C(C)C)CC[C@@H]1C. The van der Waals surface area contributed by atoms with E-state index in [2.05, 4.69) is 0 Å². The standard InChI is InChI=1S/C21H34O6/c1-12(2)17(23)9-7-14(4)21(25)15(5)18-10-8-13(3)19(26-16(6)22)11-20(24)27-18/h7,12-13,15,17-19,23H,8-11H2,1-6H3/b14-7+/t13-,15-,17-,18-,19+/m0/s1. The van der Waals surface area contributed by atoms with Gasteiger partial charge in [0, 0.05) is 6.92 Å². The number of ether oxygens (including phenoxy) is 2. The summed E-state index contributed by atoms with van der Waals surface area (Å²) in [6.07, 6.45) is 1.96. The molecule has 1 fully saturated rings. The number of esters is 2. The van der Waals surface area contributed by atoms with Crippen molar-refractivity contribution in [2.75, 3.05) is 0 Å². The summed E-state index contributed by atoms with van der Waals surface area (Å²) in [5, 5.41) is 9.90. The second kappa shape index (κ2) is 10.6. The van der Waals surface area contributed by atoms with Crippen molar-refractivity contribution in [3.8, 4) is 0 Å². The Balaban J connectivity index is 2.75. The van der Waals surface area contributed by atoms with Crippen molar-refractivity contribution >= 4 is 17.7 Å². The van der Waals surface area contributed by atoms with Crippen LogP contribution in [0.2, 0.25) is 0 Å². The molecule has 5 atom stereocenters. The highest BCUT2D eigenvalue weighted by Gasteiger charge is 2.34. The van der Waals surface area contributed by atoms with E-state index in [9.17, 15) is 19.5 Å². The molecule has 154 valence electrons. The van der Waals surface area contributed by atoms with E-state index in [0.717, 1.165) is 0 Å². The first-order chi connectivity index (χ1) is 12.5. The summed E-state index contributed by atoms with van der Waals surface area (Å²) >= 11 is 0. The number of hydrogen-bond acceptors (Lipinski definition) is 6. The Morgan fingerprint density at radius 3 is 2.44 bits per heavy atom. The van der Waals surface area contributed by atoms with Gasteiger partial charge >= 0.3 is 11.9 Å². The van der Waals surface area contributed by atoms with Crippen LogP contribution in [0.25, 0.3) is 0 Å². The van der Waals surface area contributed by atoms with E-state index < -0.39 is 36.2 Å². The minimum atomic E-state index is -0.496. The number of carbonyl (C=O) groups is 3. The predicted molar refractivity (Wildman–Crippen MR) is 102 cm³/mol. The third-order valence-corrected chi connectivity index (χ3v) is 5.30. The van der Waals surface area contributed by atoms with E-state index in [1.807, 2.05) is 20.8 Å². The van der Waals surface area contributed by atoms with Gasteiger partial charge in [0.1, 0.15) is 12.2 Å². The van der Waals surface area contributed by atoms with Gasteiger partial charge < -0.3 is 14.6 Å². The quantitative estimate of drug-likeness (QED) is 0.537. The van der Waals surface area contributed by atoms with Gasteiger partial charge in [-0.1, -0.05) is 33.8 Å². The highest BCUT2D eigenvalue weighted by atomic mass is 16.6. The molecule has 1 saturated heterocycles. The molecule has 0 aliphatic carbocycles. The zero-order valence-corrected chi connectivity index (χ0v) is 17.4. The molecule has 0 saturated carbocycles. The highest BCUT2D eigenvalue weighted by molar-refractivity contribution is 5.96. The van der Waals surface area contributed by atoms with E-state index in [-0.39, 0.29) is 24.0 Å². The van der Waals surface area contributed by atoms with Crippen LogP contribution in [0.1, 0.15) is 67.2 Å². The lowest BCUT2D eigenvalue weighted by atomic mass is 9.86. The Bertz CT molecular complexity index is 565. The number of ketones is 1. The minimum Gasteiger partial charge on any atom is -0.462 e. The van der Waals surface area contributed by atoms with Crippen molar-refractivity contribution < 1.29 is 29.0 Å². The van der Waals surface area contributed by atoms with Crippen LogP contribution in [0, 0.1) is 17.8 Å². The van der Waals surface area contributed by atoms with E-state index in [4.69, 9.17) is 9.47 Å². The van der Waals surface area contributed by atoms with E-state index in [0.29, 0.717) is 24.8 Å². The van der Waals surface area contributed by atoms with Crippen molar-refractivity contribution in [2.45, 2.75) is 85.5 Å². The molecule has 27 heavy (non-hydrogen) atoms. The molecule has 1 heterocycles. The lowest BCUT2D eigenvalue weighted by Crippen LogP contribution is -2.37. The molecule has 1 aliphatic heterocycles. The molecule has 6 heteroatoms. The minimum absolute atomic E-state index is 0.00750. The molecule has 1 aliphatic rings. The summed E-state index contributed by atoms with van der Waals surface area (Å²) < 4.78 is 10.7. The highest BCUT2D eigenvalue weighted by Crippen LogP contribution is 2.27. The topological polar surface area (TPSA) is 89.9 Å². The summed E-state index contributed by atoms with van der Waals surface area (Å²) in [5.74, 6) is -1.25. The fraction of sp³-hybridized carbons (Fsp3) is 0.762. The van der Waals surface area contributed by atoms with Crippen molar-refractivity contribution in [3.05, 3.63) is 11.6 Å². The molecule has 0 aromatic heterocycles. The van der Waals surface area contributed by atoms with Crippen LogP contribution in [0.5, 0.6) is 0 Å². The number of hydrogen-bond donors (Lipinski definition) is 1. The lowest BCUT2D eigenvalue weighted by Gasteiger charge is -2.31. The number of Topliss-reactive ketones (excluding diaryl/α,β-unsaturated/α-hetero) is 1. The number of carbonyl (C=O) groups excluding carboxylic acids is 3. The molecule has 0 spiro atoms. The summed E-state index contributed by atoms with van der Waals surface area (Å²) in [5.41, 5.74) is 0.575. The smallest absolute Gasteiger partial charge is 0.309 e. The Kier molecular flexibility index (Phi) is 9.16. The second-order valence-corrected chi connectivity index (χ2v) is 8.02. The summed E-state index contributed by atoms with van der Waals surface area (Å²) in [6, 6.07) is 0. The molecular weight excluding hydrogens is 348 g/mol. The number of aliphatic hydroxyl groups excluding tert-OH is 1. The fourth-order valence-corrected chi connectivity index (χ4v) is 3.18. The van der Waals surface area contributed by atoms with E-state index in [1.54, 1.807) is 19.9 Å². The molecule has 0 radical (unpaired) electrons. The van der Waals surface area contributed by atoms with Crippen LogP contribution in [0.3, 0.4) is 0 Å². The first kappa shape index (κ1) is 23.3. The van der Waals surface area contributed by atoms with Gasteiger partial charge in [-0.15, -0.1) is 0 Å². The largest absolute Gasteiger partial charge is 0.462 e. The second-order valence-electron chi connectivity index (χ2n) is 8.02. The van der Waals surface area contributed by atoms with Gasteiger partial charge in [0.2, 0.25) is 0 Å². The summed E-state index contributed by atoms with van der Waals surface area (Å²) in [7, 11) is 0. The third kappa shape index (κ3) is 7.45. The Morgan fingerprint density at radius 2 is 1.89 bits per heavy atom. The summed E-state index contributed by atoms with van der Waals surface area (Å²) in [6.45, 7) is 10.6. The van der Waals surface area contributed by atoms with Crippen LogP contribution < -0.4 is 0 Å². The normalized spacial score (nSPS) is 26.6. The number of aliphatic hydroxyl groups is 1. The predicted octanol–water partition coefficient (Wildman–Crippen LogP) is 3.21. The maximum Gasteiger partial charge on any atom is 0.309 e. The van der Waals surface area contributed by atoms with Crippen molar-refractivity contribution in [3.63, 3.8) is 0 Å².